The maximum atomic E-state index is 8.33. The number of rotatable bonds is 0. The van der Waals surface area contributed by atoms with E-state index in [4.69, 9.17) is 5.21 Å². The van der Waals surface area contributed by atoms with Crippen LogP contribution in [-0.4, -0.2) is 0 Å². The van der Waals surface area contributed by atoms with Crippen LogP contribution in [0.15, 0.2) is 0 Å². The average molecular weight is 244 g/mol. The monoisotopic (exact) mass is 245 g/mol. The summed E-state index contributed by atoms with van der Waals surface area (Å²) >= 11 is 0. The third kappa shape index (κ3) is 65.9. The van der Waals surface area contributed by atoms with Crippen LogP contribution < -0.4 is 0 Å². The molecule has 0 bridgehead atoms. The second-order valence-corrected chi connectivity index (χ2v) is 0.105. The van der Waals surface area contributed by atoms with E-state index in [1.807, 2.05) is 0 Å². The van der Waals surface area contributed by atoms with Crippen molar-refractivity contribution in [1.82, 2.24) is 0 Å². The molecule has 0 radical (unpaired) electrons. The first kappa shape index (κ1) is 8.88. The van der Waals surface area contributed by atoms with E-state index < -0.39 is 0 Å². The Kier molecular flexibility index (Phi) is 23.6. The maximum absolute atomic E-state index is 8.33. The predicted molar refractivity (Wildman–Crippen MR) is 11.7 cm³/mol. The van der Waals surface area contributed by atoms with Crippen LogP contribution in [-0.2, 0) is 27.7 Å². The molecule has 2 nitrogen and oxygen atoms in total. The Labute approximate surface area is 44.7 Å². The summed E-state index contributed by atoms with van der Waals surface area (Å²) in [5.74, 6) is 0. The Balaban J connectivity index is 0. The largest absolute Gasteiger partial charge is 0.499 e. The third-order valence-electron chi connectivity index (χ3n) is 0. The zero-order valence-electron chi connectivity index (χ0n) is 2.14. The Morgan fingerprint density at radius 2 is 1.75 bits per heavy atom. The molecule has 4 heavy (non-hydrogen) atoms. The molecule has 0 fully saturated rings. The van der Waals surface area contributed by atoms with E-state index in [9.17, 15) is 0 Å². The minimum atomic E-state index is 0. The van der Waals surface area contributed by atoms with Crippen molar-refractivity contribution in [2.24, 2.45) is 0 Å². The predicted octanol–water partition coefficient (Wildman–Crippen LogP) is 0.444. The SMILES string of the molecule is C#[N+][O-].[Hg]. The second-order valence-electron chi connectivity index (χ2n) is 0.105. The zero-order valence-corrected chi connectivity index (χ0v) is 7.64. The van der Waals surface area contributed by atoms with Gasteiger partial charge in [0.25, 0.3) is 6.57 Å². The van der Waals surface area contributed by atoms with Gasteiger partial charge in [0.2, 0.25) is 0 Å². The Bertz CT molecular complexity index is 29.5. The smallest absolute Gasteiger partial charge is 0.283 e. The Morgan fingerprint density at radius 1 is 1.75 bits per heavy atom. The van der Waals surface area contributed by atoms with Crippen molar-refractivity contribution in [2.75, 3.05) is 0 Å². The number of nitrogens with zero attached hydrogens (tertiary/aromatic N) is 1. The van der Waals surface area contributed by atoms with E-state index in [1.165, 1.54) is 0 Å². The summed E-state index contributed by atoms with van der Waals surface area (Å²) in [6, 6.07) is 0. The van der Waals surface area contributed by atoms with E-state index in [0.29, 0.717) is 0 Å². The van der Waals surface area contributed by atoms with Crippen molar-refractivity contribution in [3.63, 3.8) is 0 Å². The van der Waals surface area contributed by atoms with Gasteiger partial charge >= 0.3 is 0 Å². The molecule has 0 atom stereocenters. The fourth-order valence-corrected chi connectivity index (χ4v) is 0. The fraction of sp³-hybridized carbons (Fsp3) is 0. The molecule has 0 aliphatic heterocycles. The molecule has 0 aromatic rings. The molecular formula is CHHgNO. The van der Waals surface area contributed by atoms with Crippen LogP contribution in [0.3, 0.4) is 0 Å². The summed E-state index contributed by atoms with van der Waals surface area (Å²) in [6.45, 7) is 3.92. The van der Waals surface area contributed by atoms with E-state index in [2.05, 4.69) is 6.57 Å². The molecule has 0 amide bonds. The molecule has 18 valence electrons. The van der Waals surface area contributed by atoms with Crippen molar-refractivity contribution in [2.45, 2.75) is 0 Å². The maximum Gasteiger partial charge on any atom is 0.283 e. The Morgan fingerprint density at radius 3 is 1.75 bits per heavy atom. The quantitative estimate of drug-likeness (QED) is 0.448. The van der Waals surface area contributed by atoms with Crippen LogP contribution in [0.5, 0.6) is 0 Å². The van der Waals surface area contributed by atoms with E-state index in [1.54, 1.807) is 5.01 Å². The molecule has 0 saturated carbocycles. The minimum absolute atomic E-state index is 0. The molecule has 0 saturated heterocycles. The molecule has 0 aromatic heterocycles. The summed E-state index contributed by atoms with van der Waals surface area (Å²) < 4.78 is 0. The van der Waals surface area contributed by atoms with Crippen LogP contribution in [0.2, 0.25) is 0 Å². The van der Waals surface area contributed by atoms with Crippen molar-refractivity contribution >= 4 is 0 Å². The molecule has 0 heterocycles. The van der Waals surface area contributed by atoms with Crippen LogP contribution in [0, 0.1) is 11.8 Å². The first-order valence-corrected chi connectivity index (χ1v) is 0.441. The summed E-state index contributed by atoms with van der Waals surface area (Å²) in [5, 5.41) is 10.1. The van der Waals surface area contributed by atoms with Gasteiger partial charge in [0, 0.05) is 27.7 Å². The van der Waals surface area contributed by atoms with Gasteiger partial charge < -0.3 is 5.21 Å². The first-order valence-electron chi connectivity index (χ1n) is 0.441. The first-order chi connectivity index (χ1) is 1.41. The van der Waals surface area contributed by atoms with Crippen LogP contribution in [0.25, 0.3) is 5.01 Å². The molecule has 0 spiro atoms. The summed E-state index contributed by atoms with van der Waals surface area (Å²) in [7, 11) is 0. The van der Waals surface area contributed by atoms with E-state index in [-0.39, 0.29) is 27.7 Å². The normalized spacial score (nSPS) is 1.75. The summed E-state index contributed by atoms with van der Waals surface area (Å²) in [5.41, 5.74) is 0. The third-order valence-corrected chi connectivity index (χ3v) is 0. The Hall–Kier alpha value is 0.225. The van der Waals surface area contributed by atoms with E-state index in [0.717, 1.165) is 0 Å². The second kappa shape index (κ2) is 10.6. The molecule has 0 aliphatic carbocycles. The standard InChI is InChI=1S/CHNO.Hg/c1-2-3;/h1H;. The molecule has 0 N–H and O–H groups in total. The molecule has 0 unspecified atom stereocenters. The van der Waals surface area contributed by atoms with Crippen molar-refractivity contribution in [3.8, 4) is 6.57 Å². The number of hydrogen-bond acceptors (Lipinski definition) is 1. The van der Waals surface area contributed by atoms with Crippen molar-refractivity contribution in [3.05, 3.63) is 10.2 Å². The van der Waals surface area contributed by atoms with Crippen LogP contribution in [0.4, 0.5) is 0 Å². The molecule has 0 aromatic carbocycles. The van der Waals surface area contributed by atoms with Crippen molar-refractivity contribution in [1.29, 1.82) is 0 Å². The average Bonchev–Trinajstić information content (AvgIpc) is 0.918. The molecule has 3 heteroatoms. The van der Waals surface area contributed by atoms with Crippen molar-refractivity contribution < 1.29 is 27.7 Å². The van der Waals surface area contributed by atoms with Gasteiger partial charge in [-0.3, -0.25) is 0 Å². The topological polar surface area (TPSA) is 27.4 Å². The van der Waals surface area contributed by atoms with Gasteiger partial charge in [-0.05, 0) is 5.01 Å². The zero-order chi connectivity index (χ0) is 2.71. The van der Waals surface area contributed by atoms with Gasteiger partial charge in [-0.1, -0.05) is 0 Å². The summed E-state index contributed by atoms with van der Waals surface area (Å²) in [4.78, 5) is 0. The van der Waals surface area contributed by atoms with Crippen LogP contribution >= 0.6 is 0 Å². The van der Waals surface area contributed by atoms with Gasteiger partial charge in [-0.15, -0.1) is 0 Å². The van der Waals surface area contributed by atoms with E-state index >= 15 is 0 Å². The molecular weight excluding hydrogens is 243 g/mol. The van der Waals surface area contributed by atoms with Crippen LogP contribution in [0.1, 0.15) is 0 Å². The van der Waals surface area contributed by atoms with Gasteiger partial charge in [0.1, 0.15) is 0 Å². The minimum Gasteiger partial charge on any atom is -0.499 e. The summed E-state index contributed by atoms with van der Waals surface area (Å²) in [6.07, 6.45) is 0. The van der Waals surface area contributed by atoms with Gasteiger partial charge in [0.15, 0.2) is 0 Å². The molecule has 0 aliphatic rings. The molecule has 0 rings (SSSR count). The fourth-order valence-electron chi connectivity index (χ4n) is 0. The van der Waals surface area contributed by atoms with Gasteiger partial charge in [-0.2, -0.15) is 0 Å². The van der Waals surface area contributed by atoms with Gasteiger partial charge in [-0.25, -0.2) is 0 Å². The number of hydrogen-bond donors (Lipinski definition) is 0. The van der Waals surface area contributed by atoms with Gasteiger partial charge in [0.05, 0.1) is 0 Å².